The zero-order valence-electron chi connectivity index (χ0n) is 15.7. The summed E-state index contributed by atoms with van der Waals surface area (Å²) in [4.78, 5) is 8.60. The highest BCUT2D eigenvalue weighted by Crippen LogP contribution is 2.36. The molecule has 1 aromatic rings. The number of thioether (sulfide) groups is 1. The number of piperazine rings is 1. The summed E-state index contributed by atoms with van der Waals surface area (Å²) >= 11 is 1.54. The van der Waals surface area contributed by atoms with Gasteiger partial charge >= 0.3 is 0 Å². The monoisotopic (exact) mass is 370 g/mol. The van der Waals surface area contributed by atoms with E-state index in [0.29, 0.717) is 0 Å². The predicted molar refractivity (Wildman–Crippen MR) is 107 cm³/mol. The van der Waals surface area contributed by atoms with Gasteiger partial charge in [-0.1, -0.05) is 23.9 Å². The van der Waals surface area contributed by atoms with Gasteiger partial charge in [-0.2, -0.15) is 5.26 Å². The molecule has 0 spiro atoms. The van der Waals surface area contributed by atoms with Gasteiger partial charge in [0.15, 0.2) is 5.17 Å². The van der Waals surface area contributed by atoms with Gasteiger partial charge in [-0.25, -0.2) is 0 Å². The molecule has 0 N–H and O–H groups in total. The van der Waals surface area contributed by atoms with E-state index in [0.717, 1.165) is 37.1 Å². The summed E-state index contributed by atoms with van der Waals surface area (Å²) < 4.78 is 6.26. The highest BCUT2D eigenvalue weighted by Gasteiger charge is 2.30. The van der Waals surface area contributed by atoms with Crippen molar-refractivity contribution in [3.05, 3.63) is 41.1 Å². The first-order valence-corrected chi connectivity index (χ1v) is 10.3. The maximum absolute atomic E-state index is 8.84. The number of aliphatic imine (C=N–C) groups is 1. The maximum Gasteiger partial charge on any atom is 0.208 e. The fraction of sp³-hybridized carbons (Fsp3) is 0.500. The number of amidine groups is 1. The van der Waals surface area contributed by atoms with Crippen LogP contribution in [0.3, 0.4) is 0 Å². The molecule has 6 heteroatoms. The summed E-state index contributed by atoms with van der Waals surface area (Å²) in [5.41, 5.74) is 4.09. The molecular weight excluding hydrogens is 344 g/mol. The second kappa shape index (κ2) is 8.50. The number of hydrogen-bond donors (Lipinski definition) is 0. The van der Waals surface area contributed by atoms with Crippen LogP contribution in [0.4, 0.5) is 0 Å². The summed E-state index contributed by atoms with van der Waals surface area (Å²) in [7, 11) is 0. The Morgan fingerprint density at radius 2 is 1.92 bits per heavy atom. The molecule has 138 valence electrons. The third-order valence-electron chi connectivity index (χ3n) is 4.77. The molecule has 2 fully saturated rings. The van der Waals surface area contributed by atoms with Crippen LogP contribution in [0.2, 0.25) is 0 Å². The summed E-state index contributed by atoms with van der Waals surface area (Å²) in [5, 5.41) is 9.66. The molecular formula is C20H26N4OS. The van der Waals surface area contributed by atoms with Crippen molar-refractivity contribution in [1.29, 1.82) is 5.26 Å². The van der Waals surface area contributed by atoms with Crippen LogP contribution in [-0.4, -0.2) is 53.5 Å². The molecule has 1 aromatic carbocycles. The fourth-order valence-electron chi connectivity index (χ4n) is 3.46. The molecule has 26 heavy (non-hydrogen) atoms. The molecule has 0 bridgehead atoms. The molecule has 1 aliphatic carbocycles. The van der Waals surface area contributed by atoms with Crippen molar-refractivity contribution in [3.8, 4) is 11.9 Å². The SMILES string of the molecule is CSC(=NC#N)N1CCN(C(=C2CC2)C(C)Oc2cccc(C)c2)CC1. The lowest BCUT2D eigenvalue weighted by Gasteiger charge is -2.39. The predicted octanol–water partition coefficient (Wildman–Crippen LogP) is 3.63. The fourth-order valence-corrected chi connectivity index (χ4v) is 4.04. The van der Waals surface area contributed by atoms with E-state index in [1.807, 2.05) is 24.6 Å². The molecule has 2 aliphatic rings. The molecule has 1 aliphatic heterocycles. The van der Waals surface area contributed by atoms with Gasteiger partial charge in [-0.05, 0) is 56.2 Å². The maximum atomic E-state index is 8.84. The molecule has 3 rings (SSSR count). The number of benzene rings is 1. The largest absolute Gasteiger partial charge is 0.485 e. The van der Waals surface area contributed by atoms with Crippen LogP contribution in [0.1, 0.15) is 25.3 Å². The first kappa shape index (κ1) is 18.7. The van der Waals surface area contributed by atoms with Crippen molar-refractivity contribution < 1.29 is 4.74 Å². The summed E-state index contributed by atoms with van der Waals surface area (Å²) in [5.74, 6) is 0.931. The zero-order chi connectivity index (χ0) is 18.5. The number of hydrogen-bond acceptors (Lipinski definition) is 5. The Balaban J connectivity index is 1.66. The Morgan fingerprint density at radius 1 is 1.23 bits per heavy atom. The normalized spacial score (nSPS) is 18.4. The standard InChI is InChI=1S/C20H26N4OS/c1-15-5-4-6-18(13-15)25-16(2)19(17-7-8-17)23-9-11-24(12-10-23)20(26-3)22-14-21/h4-6,13,16H,7-12H2,1-3H3. The Hall–Kier alpha value is -2.13. The molecule has 1 unspecified atom stereocenters. The van der Waals surface area contributed by atoms with E-state index < -0.39 is 0 Å². The van der Waals surface area contributed by atoms with Crippen molar-refractivity contribution in [2.24, 2.45) is 4.99 Å². The summed E-state index contributed by atoms with van der Waals surface area (Å²) in [6.45, 7) is 7.88. The zero-order valence-corrected chi connectivity index (χ0v) is 16.6. The van der Waals surface area contributed by atoms with Gasteiger partial charge < -0.3 is 14.5 Å². The van der Waals surface area contributed by atoms with Gasteiger partial charge in [0.05, 0.1) is 5.70 Å². The number of allylic oxidation sites excluding steroid dienone is 1. The summed E-state index contributed by atoms with van der Waals surface area (Å²) in [6, 6.07) is 8.24. The van der Waals surface area contributed by atoms with Crippen LogP contribution >= 0.6 is 11.8 Å². The number of rotatable bonds is 4. The lowest BCUT2D eigenvalue weighted by molar-refractivity contribution is 0.162. The Bertz CT molecular complexity index is 738. The highest BCUT2D eigenvalue weighted by molar-refractivity contribution is 8.13. The number of nitrogens with zero attached hydrogens (tertiary/aromatic N) is 4. The minimum atomic E-state index is 0.0497. The van der Waals surface area contributed by atoms with E-state index in [1.54, 1.807) is 0 Å². The second-order valence-electron chi connectivity index (χ2n) is 6.74. The average molecular weight is 371 g/mol. The first-order valence-electron chi connectivity index (χ1n) is 9.08. The quantitative estimate of drug-likeness (QED) is 0.460. The summed E-state index contributed by atoms with van der Waals surface area (Å²) in [6.07, 6.45) is 6.30. The van der Waals surface area contributed by atoms with E-state index in [4.69, 9.17) is 10.00 Å². The number of nitriles is 1. The van der Waals surface area contributed by atoms with Gasteiger partial charge in [0, 0.05) is 26.2 Å². The van der Waals surface area contributed by atoms with Crippen LogP contribution in [0, 0.1) is 18.4 Å². The van der Waals surface area contributed by atoms with Crippen molar-refractivity contribution in [3.63, 3.8) is 0 Å². The third-order valence-corrected chi connectivity index (χ3v) is 5.48. The van der Waals surface area contributed by atoms with E-state index in [2.05, 4.69) is 40.8 Å². The van der Waals surface area contributed by atoms with Crippen molar-refractivity contribution in [2.45, 2.75) is 32.8 Å². The molecule has 1 saturated heterocycles. The van der Waals surface area contributed by atoms with Crippen molar-refractivity contribution in [1.82, 2.24) is 9.80 Å². The molecule has 0 radical (unpaired) electrons. The van der Waals surface area contributed by atoms with Crippen LogP contribution in [0.15, 0.2) is 40.5 Å². The molecule has 1 heterocycles. The smallest absolute Gasteiger partial charge is 0.208 e. The van der Waals surface area contributed by atoms with Crippen LogP contribution in [0.5, 0.6) is 5.75 Å². The average Bonchev–Trinajstić information content (AvgIpc) is 3.45. The van der Waals surface area contributed by atoms with Gasteiger partial charge in [0.1, 0.15) is 11.9 Å². The van der Waals surface area contributed by atoms with Crippen LogP contribution < -0.4 is 4.74 Å². The van der Waals surface area contributed by atoms with Crippen molar-refractivity contribution in [2.75, 3.05) is 32.4 Å². The molecule has 0 amide bonds. The van der Waals surface area contributed by atoms with Crippen LogP contribution in [-0.2, 0) is 0 Å². The number of ether oxygens (including phenoxy) is 1. The topological polar surface area (TPSA) is 51.9 Å². The molecule has 1 atom stereocenters. The minimum Gasteiger partial charge on any atom is -0.485 e. The number of aryl methyl sites for hydroxylation is 1. The second-order valence-corrected chi connectivity index (χ2v) is 7.51. The first-order chi connectivity index (χ1) is 12.6. The highest BCUT2D eigenvalue weighted by atomic mass is 32.2. The van der Waals surface area contributed by atoms with Gasteiger partial charge in [0.25, 0.3) is 0 Å². The Kier molecular flexibility index (Phi) is 6.10. The Morgan fingerprint density at radius 3 is 2.50 bits per heavy atom. The van der Waals surface area contributed by atoms with Gasteiger partial charge in [0.2, 0.25) is 6.19 Å². The van der Waals surface area contributed by atoms with E-state index >= 15 is 0 Å². The van der Waals surface area contributed by atoms with E-state index in [-0.39, 0.29) is 6.10 Å². The van der Waals surface area contributed by atoms with Crippen molar-refractivity contribution >= 4 is 16.9 Å². The third kappa shape index (κ3) is 4.53. The van der Waals surface area contributed by atoms with E-state index in [1.165, 1.54) is 41.4 Å². The van der Waals surface area contributed by atoms with Gasteiger partial charge in [-0.3, -0.25) is 0 Å². The molecule has 0 aromatic heterocycles. The lowest BCUT2D eigenvalue weighted by atomic mass is 10.2. The van der Waals surface area contributed by atoms with Crippen LogP contribution in [0.25, 0.3) is 0 Å². The molecule has 5 nitrogen and oxygen atoms in total. The van der Waals surface area contributed by atoms with E-state index in [9.17, 15) is 0 Å². The minimum absolute atomic E-state index is 0.0497. The molecule has 1 saturated carbocycles. The Labute approximate surface area is 160 Å². The van der Waals surface area contributed by atoms with Gasteiger partial charge in [-0.15, -0.1) is 4.99 Å². The lowest BCUT2D eigenvalue weighted by Crippen LogP contribution is -2.49.